The fraction of sp³-hybridized carbons (Fsp3) is 0.0741. The molecule has 0 radical (unpaired) electrons. The topological polar surface area (TPSA) is 29.5 Å². The number of anilines is 2. The zero-order chi connectivity index (χ0) is 37.7. The van der Waals surface area contributed by atoms with E-state index in [0.29, 0.717) is 0 Å². The Hall–Kier alpha value is -7.10. The third kappa shape index (κ3) is 5.82. The minimum atomic E-state index is 0.183. The van der Waals surface area contributed by atoms with E-state index in [9.17, 15) is 0 Å². The van der Waals surface area contributed by atoms with Gasteiger partial charge in [0.05, 0.1) is 6.04 Å². The van der Waals surface area contributed by atoms with Crippen molar-refractivity contribution in [3.8, 4) is 33.4 Å². The molecule has 2 atom stereocenters. The molecule has 0 N–H and O–H groups in total. The highest BCUT2D eigenvalue weighted by molar-refractivity contribution is 6.10. The van der Waals surface area contributed by atoms with Crippen molar-refractivity contribution in [1.29, 1.82) is 0 Å². The van der Waals surface area contributed by atoms with E-state index in [2.05, 4.69) is 187 Å². The van der Waals surface area contributed by atoms with Crippen LogP contribution in [0.5, 0.6) is 0 Å². The molecule has 0 spiro atoms. The fourth-order valence-corrected chi connectivity index (χ4v) is 9.05. The molecule has 0 bridgehead atoms. The largest absolute Gasteiger partial charge is 0.456 e. The summed E-state index contributed by atoms with van der Waals surface area (Å²) in [4.78, 5) is 2.51. The van der Waals surface area contributed by atoms with Gasteiger partial charge in [-0.05, 0) is 77.1 Å². The third-order valence-electron chi connectivity index (χ3n) is 11.8. The van der Waals surface area contributed by atoms with Crippen molar-refractivity contribution in [3.63, 3.8) is 0 Å². The van der Waals surface area contributed by atoms with Crippen molar-refractivity contribution < 1.29 is 8.83 Å². The van der Waals surface area contributed by atoms with E-state index in [0.717, 1.165) is 62.8 Å². The predicted molar refractivity (Wildman–Crippen MR) is 237 cm³/mol. The number of benzene rings is 8. The van der Waals surface area contributed by atoms with Gasteiger partial charge in [0.1, 0.15) is 22.3 Å². The fourth-order valence-electron chi connectivity index (χ4n) is 9.05. The van der Waals surface area contributed by atoms with Crippen LogP contribution in [0.1, 0.15) is 24.3 Å². The molecule has 1 aliphatic carbocycles. The number of rotatable bonds is 7. The lowest BCUT2D eigenvalue weighted by atomic mass is 9.85. The van der Waals surface area contributed by atoms with Crippen LogP contribution in [-0.4, -0.2) is 6.04 Å². The molecule has 0 saturated carbocycles. The number of furan rings is 2. The average molecular weight is 734 g/mol. The molecule has 272 valence electrons. The van der Waals surface area contributed by atoms with E-state index in [1.807, 2.05) is 18.2 Å². The smallest absolute Gasteiger partial charge is 0.143 e. The van der Waals surface area contributed by atoms with Crippen LogP contribution in [0.4, 0.5) is 11.4 Å². The monoisotopic (exact) mass is 733 g/mol. The maximum absolute atomic E-state index is 6.48. The molecule has 2 aromatic heterocycles. The molecule has 1 aliphatic rings. The van der Waals surface area contributed by atoms with Gasteiger partial charge in [-0.3, -0.25) is 0 Å². The zero-order valence-corrected chi connectivity index (χ0v) is 31.4. The quantitative estimate of drug-likeness (QED) is 0.153. The van der Waals surface area contributed by atoms with Crippen LogP contribution < -0.4 is 4.90 Å². The Morgan fingerprint density at radius 3 is 1.58 bits per heavy atom. The number of hydrogen-bond acceptors (Lipinski definition) is 3. The number of hydrogen-bond donors (Lipinski definition) is 0. The summed E-state index contributed by atoms with van der Waals surface area (Å²) in [6.07, 6.45) is 6.85. The minimum Gasteiger partial charge on any atom is -0.456 e. The second-order valence-corrected chi connectivity index (χ2v) is 15.1. The maximum Gasteiger partial charge on any atom is 0.143 e. The van der Waals surface area contributed by atoms with Crippen LogP contribution in [0, 0.1) is 0 Å². The third-order valence-corrected chi connectivity index (χ3v) is 11.8. The van der Waals surface area contributed by atoms with Gasteiger partial charge in [-0.1, -0.05) is 164 Å². The molecule has 3 nitrogen and oxygen atoms in total. The van der Waals surface area contributed by atoms with Crippen molar-refractivity contribution in [3.05, 3.63) is 206 Å². The normalized spacial score (nSPS) is 15.5. The standard InChI is InChI=1S/C54H39NO2/c1-2-12-36(13-3-1)37-24-30-40(31-25-37)55(42-34-28-39(29-35-42)44-18-10-20-49-46-16-6-8-22-51(46)56-53(44)49)41-32-26-38(27-33-41)43-14-4-5-15-45(43)48-19-11-21-50-47-17-7-9-23-52(47)57-54(48)50/h1-28,30-34,39,42H,29,35H2. The van der Waals surface area contributed by atoms with Crippen molar-refractivity contribution >= 4 is 55.3 Å². The van der Waals surface area contributed by atoms with Gasteiger partial charge in [0.25, 0.3) is 0 Å². The first-order chi connectivity index (χ1) is 28.3. The molecule has 10 aromatic rings. The Bertz CT molecular complexity index is 3080. The highest BCUT2D eigenvalue weighted by atomic mass is 16.3. The number of allylic oxidation sites excluding steroid dienone is 1. The van der Waals surface area contributed by atoms with Crippen LogP contribution in [0.25, 0.3) is 77.3 Å². The maximum atomic E-state index is 6.48. The predicted octanol–water partition coefficient (Wildman–Crippen LogP) is 15.1. The number of fused-ring (bicyclic) bond motifs is 6. The highest BCUT2D eigenvalue weighted by Crippen LogP contribution is 2.43. The summed E-state index contributed by atoms with van der Waals surface area (Å²) in [5, 5.41) is 4.64. The molecule has 57 heavy (non-hydrogen) atoms. The van der Waals surface area contributed by atoms with E-state index in [4.69, 9.17) is 8.83 Å². The molecule has 2 unspecified atom stereocenters. The summed E-state index contributed by atoms with van der Waals surface area (Å²) < 4.78 is 13.0. The number of nitrogens with zero attached hydrogens (tertiary/aromatic N) is 1. The second-order valence-electron chi connectivity index (χ2n) is 15.1. The molecule has 0 amide bonds. The van der Waals surface area contributed by atoms with Crippen LogP contribution in [0.2, 0.25) is 0 Å². The lowest BCUT2D eigenvalue weighted by Crippen LogP contribution is -2.31. The van der Waals surface area contributed by atoms with Gasteiger partial charge in [-0.25, -0.2) is 0 Å². The van der Waals surface area contributed by atoms with Crippen LogP contribution in [0.3, 0.4) is 0 Å². The molecular formula is C54H39NO2. The molecule has 0 aliphatic heterocycles. The van der Waals surface area contributed by atoms with Crippen molar-refractivity contribution in [1.82, 2.24) is 0 Å². The second kappa shape index (κ2) is 13.9. The van der Waals surface area contributed by atoms with E-state index in [-0.39, 0.29) is 12.0 Å². The Balaban J connectivity index is 0.959. The Labute approximate surface area is 331 Å². The molecular weight excluding hydrogens is 695 g/mol. The first-order valence-electron chi connectivity index (χ1n) is 19.9. The van der Waals surface area contributed by atoms with E-state index < -0.39 is 0 Å². The summed E-state index contributed by atoms with van der Waals surface area (Å²) >= 11 is 0. The van der Waals surface area contributed by atoms with Crippen LogP contribution >= 0.6 is 0 Å². The summed E-state index contributed by atoms with van der Waals surface area (Å²) in [5.74, 6) is 0.280. The molecule has 0 saturated heterocycles. The van der Waals surface area contributed by atoms with Crippen molar-refractivity contribution in [2.24, 2.45) is 0 Å². The number of para-hydroxylation sites is 4. The van der Waals surface area contributed by atoms with Crippen molar-refractivity contribution in [2.75, 3.05) is 4.90 Å². The van der Waals surface area contributed by atoms with Gasteiger partial charge in [-0.2, -0.15) is 0 Å². The van der Waals surface area contributed by atoms with Gasteiger partial charge >= 0.3 is 0 Å². The first-order valence-corrected chi connectivity index (χ1v) is 19.9. The molecule has 0 fully saturated rings. The lowest BCUT2D eigenvalue weighted by molar-refractivity contribution is 0.579. The first kappa shape index (κ1) is 33.3. The zero-order valence-electron chi connectivity index (χ0n) is 31.4. The van der Waals surface area contributed by atoms with Gasteiger partial charge in [0.2, 0.25) is 0 Å². The van der Waals surface area contributed by atoms with E-state index in [1.165, 1.54) is 44.3 Å². The van der Waals surface area contributed by atoms with Gasteiger partial charge in [0, 0.05) is 50.0 Å². The molecule has 11 rings (SSSR count). The van der Waals surface area contributed by atoms with Gasteiger partial charge in [0.15, 0.2) is 0 Å². The summed E-state index contributed by atoms with van der Waals surface area (Å²) in [7, 11) is 0. The summed E-state index contributed by atoms with van der Waals surface area (Å²) in [6.45, 7) is 0. The Kier molecular flexibility index (Phi) is 8.10. The highest BCUT2D eigenvalue weighted by Gasteiger charge is 2.26. The van der Waals surface area contributed by atoms with E-state index >= 15 is 0 Å². The molecule has 3 heteroatoms. The Morgan fingerprint density at radius 2 is 0.895 bits per heavy atom. The van der Waals surface area contributed by atoms with Gasteiger partial charge in [-0.15, -0.1) is 0 Å². The van der Waals surface area contributed by atoms with Gasteiger partial charge < -0.3 is 13.7 Å². The minimum absolute atomic E-state index is 0.183. The average Bonchev–Trinajstić information content (AvgIpc) is 3.87. The van der Waals surface area contributed by atoms with Crippen LogP contribution in [0.15, 0.2) is 209 Å². The van der Waals surface area contributed by atoms with Crippen LogP contribution in [-0.2, 0) is 0 Å². The van der Waals surface area contributed by atoms with E-state index in [1.54, 1.807) is 0 Å². The lowest BCUT2D eigenvalue weighted by Gasteiger charge is -2.35. The SMILES string of the molecule is C1=CC(N(c2ccc(-c3ccccc3)cc2)c2ccc(-c3ccccc3-c3cccc4c3oc3ccccc34)cc2)CCC1c1cccc2c1oc1ccccc12. The Morgan fingerprint density at radius 1 is 0.368 bits per heavy atom. The molecule has 2 heterocycles. The summed E-state index contributed by atoms with van der Waals surface area (Å²) in [5.41, 5.74) is 14.4. The summed E-state index contributed by atoms with van der Waals surface area (Å²) in [6, 6.07) is 67.4. The molecule has 8 aromatic carbocycles. The van der Waals surface area contributed by atoms with Crippen molar-refractivity contribution in [2.45, 2.75) is 24.8 Å².